The quantitative estimate of drug-likeness (QED) is 0.359. The molecule has 0 heterocycles. The molecule has 0 bridgehead atoms. The largest absolute Gasteiger partial charge is 0.426 e. The molecular formula is C19H30N2O4. The Kier molecular flexibility index (Phi) is 8.58. The van der Waals surface area contributed by atoms with Crippen LogP contribution in [0, 0.1) is 0 Å². The normalized spacial score (nSPS) is 13.4. The highest BCUT2D eigenvalue weighted by Crippen LogP contribution is 2.30. The summed E-state index contributed by atoms with van der Waals surface area (Å²) in [6.07, 6.45) is 0.517. The molecule has 1 amide bonds. The maximum Gasteiger partial charge on any atom is 0.311 e. The molecule has 0 fully saturated rings. The minimum atomic E-state index is -0.961. The molecule has 4 N–H and O–H groups in total. The molecule has 1 rings (SSSR count). The van der Waals surface area contributed by atoms with E-state index in [1.807, 2.05) is 25.1 Å². The fourth-order valence-corrected chi connectivity index (χ4v) is 2.41. The van der Waals surface area contributed by atoms with Crippen molar-refractivity contribution in [3.8, 4) is 5.75 Å². The molecule has 0 saturated carbocycles. The molecule has 0 saturated heterocycles. The van der Waals surface area contributed by atoms with Crippen LogP contribution in [0.2, 0.25) is 0 Å². The Morgan fingerprint density at radius 2 is 1.96 bits per heavy atom. The topological polar surface area (TPSA) is 102 Å². The van der Waals surface area contributed by atoms with Gasteiger partial charge in [0.25, 0.3) is 0 Å². The van der Waals surface area contributed by atoms with Crippen LogP contribution in [0.5, 0.6) is 5.75 Å². The summed E-state index contributed by atoms with van der Waals surface area (Å²) in [5, 5.41) is 11.9. The number of hydrogen-bond donors (Lipinski definition) is 3. The number of carbonyl (C=O) groups excluding carboxylic acids is 2. The number of amides is 1. The monoisotopic (exact) mass is 350 g/mol. The molecule has 1 unspecified atom stereocenters. The minimum Gasteiger partial charge on any atom is -0.426 e. The smallest absolute Gasteiger partial charge is 0.311 e. The summed E-state index contributed by atoms with van der Waals surface area (Å²) in [6.45, 7) is 7.91. The molecule has 0 aromatic heterocycles. The van der Waals surface area contributed by atoms with Gasteiger partial charge in [-0.2, -0.15) is 0 Å². The van der Waals surface area contributed by atoms with Gasteiger partial charge in [0.15, 0.2) is 0 Å². The Morgan fingerprint density at radius 1 is 1.28 bits per heavy atom. The highest BCUT2D eigenvalue weighted by Gasteiger charge is 2.18. The van der Waals surface area contributed by atoms with Crippen molar-refractivity contribution < 1.29 is 19.4 Å². The van der Waals surface area contributed by atoms with Gasteiger partial charge < -0.3 is 20.9 Å². The summed E-state index contributed by atoms with van der Waals surface area (Å²) in [6, 6.07) is 4.96. The highest BCUT2D eigenvalue weighted by atomic mass is 16.5. The van der Waals surface area contributed by atoms with E-state index in [1.54, 1.807) is 0 Å². The van der Waals surface area contributed by atoms with Gasteiger partial charge >= 0.3 is 5.97 Å². The van der Waals surface area contributed by atoms with Gasteiger partial charge in [-0.25, -0.2) is 0 Å². The van der Waals surface area contributed by atoms with Crippen LogP contribution in [0.25, 0.3) is 0 Å². The van der Waals surface area contributed by atoms with Crippen LogP contribution in [0.3, 0.4) is 0 Å². The number of nitrogens with one attached hydrogen (secondary N) is 1. The van der Waals surface area contributed by atoms with E-state index in [4.69, 9.17) is 10.5 Å². The van der Waals surface area contributed by atoms with E-state index in [0.717, 1.165) is 17.5 Å². The van der Waals surface area contributed by atoms with E-state index in [1.165, 1.54) is 6.92 Å². The van der Waals surface area contributed by atoms with Crippen molar-refractivity contribution in [1.82, 2.24) is 5.32 Å². The molecule has 1 aromatic carbocycles. The molecule has 25 heavy (non-hydrogen) atoms. The first-order chi connectivity index (χ1) is 11.8. The SMILES string of the molecule is CCc1cccc(C(C)C)c1OC(=O)CCCNC(=O)C(N)[C@@H](C)O. The fourth-order valence-electron chi connectivity index (χ4n) is 2.41. The second-order valence-corrected chi connectivity index (χ2v) is 6.48. The zero-order chi connectivity index (χ0) is 19.0. The van der Waals surface area contributed by atoms with Gasteiger partial charge in [0.1, 0.15) is 11.8 Å². The molecule has 2 atom stereocenters. The van der Waals surface area contributed by atoms with Gasteiger partial charge in [-0.05, 0) is 36.8 Å². The molecule has 0 aliphatic carbocycles. The van der Waals surface area contributed by atoms with Crippen LogP contribution in [0.1, 0.15) is 57.6 Å². The molecule has 6 nitrogen and oxygen atoms in total. The van der Waals surface area contributed by atoms with Gasteiger partial charge in [0, 0.05) is 13.0 Å². The first-order valence-electron chi connectivity index (χ1n) is 8.81. The number of aliphatic hydroxyl groups excluding tert-OH is 1. The van der Waals surface area contributed by atoms with E-state index < -0.39 is 18.1 Å². The Labute approximate surface area is 149 Å². The molecule has 0 aliphatic heterocycles. The summed E-state index contributed by atoms with van der Waals surface area (Å²) in [4.78, 5) is 23.8. The zero-order valence-electron chi connectivity index (χ0n) is 15.5. The van der Waals surface area contributed by atoms with Gasteiger partial charge in [-0.1, -0.05) is 39.0 Å². The van der Waals surface area contributed by atoms with E-state index >= 15 is 0 Å². The summed E-state index contributed by atoms with van der Waals surface area (Å²) < 4.78 is 5.61. The number of esters is 1. The number of benzene rings is 1. The third-order valence-electron chi connectivity index (χ3n) is 4.03. The summed E-state index contributed by atoms with van der Waals surface area (Å²) >= 11 is 0. The standard InChI is InChI=1S/C19H30N2O4/c1-5-14-8-6-9-15(12(2)3)18(14)25-16(23)10-7-11-21-19(24)17(20)13(4)22/h6,8-9,12-13,17,22H,5,7,10-11,20H2,1-4H3,(H,21,24)/t13-,17?/m1/s1. The Bertz CT molecular complexity index is 585. The lowest BCUT2D eigenvalue weighted by atomic mass is 9.98. The predicted molar refractivity (Wildman–Crippen MR) is 97.4 cm³/mol. The number of ether oxygens (including phenoxy) is 1. The van der Waals surface area contributed by atoms with Crippen molar-refractivity contribution in [1.29, 1.82) is 0 Å². The maximum absolute atomic E-state index is 12.1. The van der Waals surface area contributed by atoms with Crippen molar-refractivity contribution in [3.63, 3.8) is 0 Å². The summed E-state index contributed by atoms with van der Waals surface area (Å²) in [7, 11) is 0. The van der Waals surface area contributed by atoms with E-state index in [0.29, 0.717) is 18.7 Å². The van der Waals surface area contributed by atoms with Crippen molar-refractivity contribution in [2.24, 2.45) is 5.73 Å². The summed E-state index contributed by atoms with van der Waals surface area (Å²) in [5.41, 5.74) is 7.55. The Morgan fingerprint density at radius 3 is 2.52 bits per heavy atom. The van der Waals surface area contributed by atoms with E-state index in [2.05, 4.69) is 19.2 Å². The molecule has 6 heteroatoms. The van der Waals surface area contributed by atoms with Crippen LogP contribution in [-0.2, 0) is 16.0 Å². The third-order valence-corrected chi connectivity index (χ3v) is 4.03. The number of nitrogens with two attached hydrogens (primary N) is 1. The zero-order valence-corrected chi connectivity index (χ0v) is 15.5. The van der Waals surface area contributed by atoms with Crippen LogP contribution < -0.4 is 15.8 Å². The lowest BCUT2D eigenvalue weighted by Crippen LogP contribution is -2.47. The van der Waals surface area contributed by atoms with E-state index in [9.17, 15) is 14.7 Å². The van der Waals surface area contributed by atoms with Crippen molar-refractivity contribution in [2.75, 3.05) is 6.54 Å². The number of hydrogen-bond acceptors (Lipinski definition) is 5. The Balaban J connectivity index is 2.54. The minimum absolute atomic E-state index is 0.194. The second-order valence-electron chi connectivity index (χ2n) is 6.48. The van der Waals surface area contributed by atoms with Crippen molar-refractivity contribution >= 4 is 11.9 Å². The number of carbonyl (C=O) groups is 2. The van der Waals surface area contributed by atoms with Gasteiger partial charge in [0.2, 0.25) is 5.91 Å². The average molecular weight is 350 g/mol. The number of para-hydroxylation sites is 1. The van der Waals surface area contributed by atoms with Crippen molar-refractivity contribution in [2.45, 2.75) is 65.0 Å². The number of aryl methyl sites for hydroxylation is 1. The number of aliphatic hydroxyl groups is 1. The third kappa shape index (κ3) is 6.48. The van der Waals surface area contributed by atoms with Crippen LogP contribution in [0.15, 0.2) is 18.2 Å². The molecule has 1 aromatic rings. The molecule has 0 radical (unpaired) electrons. The maximum atomic E-state index is 12.1. The first kappa shape index (κ1) is 21.1. The fraction of sp³-hybridized carbons (Fsp3) is 0.579. The lowest BCUT2D eigenvalue weighted by Gasteiger charge is -2.16. The van der Waals surface area contributed by atoms with Gasteiger partial charge in [-0.15, -0.1) is 0 Å². The first-order valence-corrected chi connectivity index (χ1v) is 8.81. The predicted octanol–water partition coefficient (Wildman–Crippen LogP) is 1.88. The molecule has 0 aliphatic rings. The average Bonchev–Trinajstić information content (AvgIpc) is 2.57. The number of rotatable bonds is 9. The van der Waals surface area contributed by atoms with E-state index in [-0.39, 0.29) is 18.3 Å². The van der Waals surface area contributed by atoms with Gasteiger partial charge in [-0.3, -0.25) is 9.59 Å². The highest BCUT2D eigenvalue weighted by molar-refractivity contribution is 5.82. The molecule has 140 valence electrons. The van der Waals surface area contributed by atoms with Gasteiger partial charge in [0.05, 0.1) is 6.10 Å². The van der Waals surface area contributed by atoms with Crippen LogP contribution in [-0.4, -0.2) is 35.7 Å². The molecular weight excluding hydrogens is 320 g/mol. The van der Waals surface area contributed by atoms with Crippen LogP contribution >= 0.6 is 0 Å². The van der Waals surface area contributed by atoms with Crippen molar-refractivity contribution in [3.05, 3.63) is 29.3 Å². The Hall–Kier alpha value is -1.92. The summed E-state index contributed by atoms with van der Waals surface area (Å²) in [5.74, 6) is 0.166. The molecule has 0 spiro atoms. The lowest BCUT2D eigenvalue weighted by molar-refractivity contribution is -0.134. The van der Waals surface area contributed by atoms with Crippen LogP contribution in [0.4, 0.5) is 0 Å². The second kappa shape index (κ2) is 10.2.